The van der Waals surface area contributed by atoms with Crippen molar-refractivity contribution in [3.05, 3.63) is 105 Å². The summed E-state index contributed by atoms with van der Waals surface area (Å²) in [6, 6.07) is 13.3. The van der Waals surface area contributed by atoms with Gasteiger partial charge in [0.25, 0.3) is 11.8 Å². The molecule has 5 aromatic rings. The maximum absolute atomic E-state index is 14.5. The highest BCUT2D eigenvalue weighted by Crippen LogP contribution is 2.43. The second-order valence-corrected chi connectivity index (χ2v) is 9.88. The molecule has 0 saturated heterocycles. The Labute approximate surface area is 229 Å². The van der Waals surface area contributed by atoms with E-state index in [-0.39, 0.29) is 49.6 Å². The van der Waals surface area contributed by atoms with Crippen molar-refractivity contribution in [3.63, 3.8) is 0 Å². The summed E-state index contributed by atoms with van der Waals surface area (Å²) in [5.74, 6) is -2.52. The van der Waals surface area contributed by atoms with Crippen LogP contribution in [0.15, 0.2) is 60.7 Å². The molecule has 2 heterocycles. The fraction of sp³-hybridized carbons (Fsp3) is 0.138. The van der Waals surface area contributed by atoms with Crippen LogP contribution in [0.1, 0.15) is 43.6 Å². The number of carbonyl (C=O) groups is 2. The van der Waals surface area contributed by atoms with E-state index in [0.717, 1.165) is 6.07 Å². The second kappa shape index (κ2) is 9.63. The molecular formula is C29H19ClF4N4O2. The molecule has 2 N–H and O–H groups in total. The molecule has 6 nitrogen and oxygen atoms in total. The van der Waals surface area contributed by atoms with Gasteiger partial charge in [-0.2, -0.15) is 5.10 Å². The number of hydrogen-bond donors (Lipinski definition) is 2. The number of fused-ring (bicyclic) bond motifs is 4. The van der Waals surface area contributed by atoms with Crippen LogP contribution in [-0.2, 0) is 13.5 Å². The van der Waals surface area contributed by atoms with Crippen LogP contribution in [0, 0.1) is 11.6 Å². The molecular weight excluding hydrogens is 548 g/mol. The maximum atomic E-state index is 14.5. The fourth-order valence-corrected chi connectivity index (χ4v) is 5.54. The number of rotatable bonds is 5. The summed E-state index contributed by atoms with van der Waals surface area (Å²) in [6.07, 6.45) is -3.34. The van der Waals surface area contributed by atoms with Crippen molar-refractivity contribution in [2.24, 2.45) is 7.05 Å². The Hall–Kier alpha value is -4.44. The summed E-state index contributed by atoms with van der Waals surface area (Å²) in [5, 5.41) is 11.2. The van der Waals surface area contributed by atoms with Gasteiger partial charge in [0, 0.05) is 34.3 Å². The smallest absolute Gasteiger partial charge is 0.256 e. The first kappa shape index (κ1) is 25.8. The first-order chi connectivity index (χ1) is 19.1. The highest BCUT2D eigenvalue weighted by Gasteiger charge is 2.38. The molecule has 0 spiro atoms. The van der Waals surface area contributed by atoms with Crippen molar-refractivity contribution in [2.45, 2.75) is 18.9 Å². The molecule has 2 amide bonds. The van der Waals surface area contributed by atoms with Crippen LogP contribution in [0.4, 0.5) is 23.2 Å². The molecule has 0 bridgehead atoms. The van der Waals surface area contributed by atoms with Gasteiger partial charge in [-0.3, -0.25) is 14.3 Å². The molecule has 1 unspecified atom stereocenters. The van der Waals surface area contributed by atoms with Crippen LogP contribution >= 0.6 is 11.6 Å². The third kappa shape index (κ3) is 4.24. The molecule has 4 aromatic carbocycles. The Kier molecular flexibility index (Phi) is 6.22. The lowest BCUT2D eigenvalue weighted by Gasteiger charge is -2.19. The summed E-state index contributed by atoms with van der Waals surface area (Å²) in [4.78, 5) is 26.9. The number of anilines is 1. The number of hydrogen-bond acceptors (Lipinski definition) is 3. The maximum Gasteiger partial charge on any atom is 0.256 e. The van der Waals surface area contributed by atoms with Gasteiger partial charge in [-0.05, 0) is 47.2 Å². The molecule has 1 atom stereocenters. The van der Waals surface area contributed by atoms with Crippen molar-refractivity contribution in [1.29, 1.82) is 0 Å². The largest absolute Gasteiger partial charge is 0.341 e. The van der Waals surface area contributed by atoms with E-state index in [1.54, 1.807) is 24.3 Å². The van der Waals surface area contributed by atoms with E-state index in [0.29, 0.717) is 10.8 Å². The lowest BCUT2D eigenvalue weighted by atomic mass is 9.93. The molecule has 0 saturated carbocycles. The number of nitrogens with one attached hydrogen (secondary N) is 2. The van der Waals surface area contributed by atoms with E-state index in [1.807, 2.05) is 0 Å². The van der Waals surface area contributed by atoms with Crippen molar-refractivity contribution < 1.29 is 27.2 Å². The summed E-state index contributed by atoms with van der Waals surface area (Å²) in [7, 11) is 1.48. The fourth-order valence-electron chi connectivity index (χ4n) is 5.31. The second-order valence-electron chi connectivity index (χ2n) is 9.48. The molecule has 1 aliphatic heterocycles. The molecule has 1 aromatic heterocycles. The van der Waals surface area contributed by atoms with E-state index in [9.17, 15) is 27.2 Å². The van der Waals surface area contributed by atoms with Gasteiger partial charge >= 0.3 is 0 Å². The number of halogens is 5. The zero-order chi connectivity index (χ0) is 28.3. The summed E-state index contributed by atoms with van der Waals surface area (Å²) < 4.78 is 56.9. The lowest BCUT2D eigenvalue weighted by molar-refractivity contribution is 0.0960. The summed E-state index contributed by atoms with van der Waals surface area (Å²) in [6.45, 7) is 0. The molecule has 0 radical (unpaired) electrons. The van der Waals surface area contributed by atoms with Crippen molar-refractivity contribution in [3.8, 4) is 0 Å². The molecule has 0 fully saturated rings. The average Bonchev–Trinajstić information content (AvgIpc) is 3.41. The first-order valence-electron chi connectivity index (χ1n) is 12.2. The van der Waals surface area contributed by atoms with Gasteiger partial charge in [-0.25, -0.2) is 17.6 Å². The molecule has 11 heteroatoms. The van der Waals surface area contributed by atoms with E-state index in [4.69, 9.17) is 11.6 Å². The van der Waals surface area contributed by atoms with E-state index < -0.39 is 42.3 Å². The number of benzene rings is 4. The summed E-state index contributed by atoms with van der Waals surface area (Å²) >= 11 is 6.38. The average molecular weight is 567 g/mol. The first-order valence-corrected chi connectivity index (χ1v) is 12.6. The Morgan fingerprint density at radius 2 is 1.85 bits per heavy atom. The van der Waals surface area contributed by atoms with Crippen LogP contribution in [0.2, 0.25) is 5.02 Å². The molecule has 202 valence electrons. The Bertz CT molecular complexity index is 1870. The topological polar surface area (TPSA) is 76.0 Å². The minimum atomic E-state index is -2.70. The number of nitrogens with zero attached hydrogens (tertiary/aromatic N) is 2. The summed E-state index contributed by atoms with van der Waals surface area (Å²) in [5.41, 5.74) is 0.922. The number of aryl methyl sites for hydroxylation is 1. The molecule has 0 aliphatic carbocycles. The predicted molar refractivity (Wildman–Crippen MR) is 143 cm³/mol. The van der Waals surface area contributed by atoms with Gasteiger partial charge in [0.2, 0.25) is 6.43 Å². The van der Waals surface area contributed by atoms with Crippen LogP contribution in [0.5, 0.6) is 0 Å². The van der Waals surface area contributed by atoms with Gasteiger partial charge < -0.3 is 10.6 Å². The van der Waals surface area contributed by atoms with Gasteiger partial charge in [0.05, 0.1) is 29.3 Å². The number of carbonyl (C=O) groups excluding carboxylic acids is 2. The lowest BCUT2D eigenvalue weighted by Crippen LogP contribution is -2.21. The zero-order valence-corrected chi connectivity index (χ0v) is 21.5. The van der Waals surface area contributed by atoms with Crippen LogP contribution < -0.4 is 10.6 Å². The minimum absolute atomic E-state index is 0.0288. The van der Waals surface area contributed by atoms with E-state index in [1.165, 1.54) is 42.1 Å². The predicted octanol–water partition coefficient (Wildman–Crippen LogP) is 6.55. The quantitative estimate of drug-likeness (QED) is 0.237. The SMILES string of the molecule is Cn1nc2c3c(c(NC(=O)c4cc(F)cc5ccccc45)cc2c1CC(F)F)C(c1cc(F)ccc1Cl)NC3=O. The van der Waals surface area contributed by atoms with Gasteiger partial charge in [-0.15, -0.1) is 0 Å². The Morgan fingerprint density at radius 3 is 2.62 bits per heavy atom. The van der Waals surface area contributed by atoms with Gasteiger partial charge in [0.1, 0.15) is 17.2 Å². The van der Waals surface area contributed by atoms with Gasteiger partial charge in [0.15, 0.2) is 0 Å². The standard InChI is InChI=1S/C29H19ClF4N4O2/c1-38-22(12-23(33)34)19-11-21(35-28(39)17-10-15(32)8-13-4-2-3-5-16(13)17)24-25(27(19)37-38)29(40)36-26(24)18-9-14(31)6-7-20(18)30/h2-11,23,26H,12H2,1H3,(H,35,39)(H,36,40). The highest BCUT2D eigenvalue weighted by atomic mass is 35.5. The zero-order valence-electron chi connectivity index (χ0n) is 20.7. The van der Waals surface area contributed by atoms with E-state index >= 15 is 0 Å². The van der Waals surface area contributed by atoms with Crippen LogP contribution in [0.3, 0.4) is 0 Å². The van der Waals surface area contributed by atoms with Crippen molar-refractivity contribution in [2.75, 3.05) is 5.32 Å². The van der Waals surface area contributed by atoms with Gasteiger partial charge in [-0.1, -0.05) is 35.9 Å². The number of amides is 2. The third-order valence-corrected chi connectivity index (χ3v) is 7.36. The number of alkyl halides is 2. The van der Waals surface area contributed by atoms with Crippen LogP contribution in [0.25, 0.3) is 21.7 Å². The van der Waals surface area contributed by atoms with Crippen molar-refractivity contribution >= 4 is 50.8 Å². The van der Waals surface area contributed by atoms with Crippen molar-refractivity contribution in [1.82, 2.24) is 15.1 Å². The minimum Gasteiger partial charge on any atom is -0.341 e. The third-order valence-electron chi connectivity index (χ3n) is 7.02. The Morgan fingerprint density at radius 1 is 1.07 bits per heavy atom. The highest BCUT2D eigenvalue weighted by molar-refractivity contribution is 6.31. The molecule has 6 rings (SSSR count). The van der Waals surface area contributed by atoms with E-state index in [2.05, 4.69) is 15.7 Å². The number of aromatic nitrogens is 2. The van der Waals surface area contributed by atoms with Crippen LogP contribution in [-0.4, -0.2) is 28.0 Å². The Balaban J connectivity index is 1.59. The molecule has 40 heavy (non-hydrogen) atoms. The monoisotopic (exact) mass is 566 g/mol. The normalized spacial score (nSPS) is 14.7. The molecule has 1 aliphatic rings.